The van der Waals surface area contributed by atoms with Crippen molar-refractivity contribution in [1.82, 2.24) is 4.90 Å². The molecule has 0 atom stereocenters. The zero-order valence-electron chi connectivity index (χ0n) is 6.47. The van der Waals surface area contributed by atoms with Gasteiger partial charge in [-0.1, -0.05) is 0 Å². The molecule has 2 heteroatoms. The number of hydrogen-bond acceptors (Lipinski definition) is 2. The third kappa shape index (κ3) is 1.06. The van der Waals surface area contributed by atoms with Crippen LogP contribution in [0.15, 0.2) is 0 Å². The van der Waals surface area contributed by atoms with Crippen LogP contribution in [0.25, 0.3) is 0 Å². The molecule has 0 aliphatic carbocycles. The van der Waals surface area contributed by atoms with Crippen LogP contribution in [0.4, 0.5) is 0 Å². The molecule has 2 N–H and O–H groups in total. The van der Waals surface area contributed by atoms with Crippen molar-refractivity contribution < 1.29 is 0 Å². The van der Waals surface area contributed by atoms with Crippen molar-refractivity contribution in [3.8, 4) is 0 Å². The van der Waals surface area contributed by atoms with Crippen LogP contribution in [0.1, 0.15) is 25.7 Å². The van der Waals surface area contributed by atoms with Crippen LogP contribution in [0, 0.1) is 0 Å². The lowest BCUT2D eigenvalue weighted by atomic mass is 9.83. The summed E-state index contributed by atoms with van der Waals surface area (Å²) in [5.41, 5.74) is 6.36. The van der Waals surface area contributed by atoms with E-state index in [1.54, 1.807) is 0 Å². The van der Waals surface area contributed by atoms with Crippen molar-refractivity contribution in [3.05, 3.63) is 0 Å². The zero-order chi connectivity index (χ0) is 7.03. The maximum atomic E-state index is 6.16. The highest BCUT2D eigenvalue weighted by Crippen LogP contribution is 2.27. The minimum absolute atomic E-state index is 0.205. The van der Waals surface area contributed by atoms with Gasteiger partial charge in [0.25, 0.3) is 0 Å². The van der Waals surface area contributed by atoms with Gasteiger partial charge in [0.05, 0.1) is 0 Å². The Morgan fingerprint density at radius 2 is 1.70 bits per heavy atom. The quantitative estimate of drug-likeness (QED) is 0.533. The lowest BCUT2D eigenvalue weighted by molar-refractivity contribution is 0.0992. The second kappa shape index (κ2) is 2.21. The normalized spacial score (nSPS) is 47.1. The molecule has 0 amide bonds. The summed E-state index contributed by atoms with van der Waals surface area (Å²) in [6.45, 7) is 3.74. The second-order valence-corrected chi connectivity index (χ2v) is 3.85. The fraction of sp³-hybridized carbons (Fsp3) is 1.00. The standard InChI is InChI=1S/C8H16N2/c9-8-3-1-5-10(7-8)6-2-4-8/h1-7,9H2. The summed E-state index contributed by atoms with van der Waals surface area (Å²) in [4.78, 5) is 2.51. The number of hydrogen-bond donors (Lipinski definition) is 1. The molecule has 2 heterocycles. The molecule has 0 saturated carbocycles. The summed E-state index contributed by atoms with van der Waals surface area (Å²) in [5, 5.41) is 0. The molecule has 2 saturated heterocycles. The van der Waals surface area contributed by atoms with Gasteiger partial charge in [-0.05, 0) is 38.8 Å². The van der Waals surface area contributed by atoms with E-state index in [0.29, 0.717) is 0 Å². The van der Waals surface area contributed by atoms with Crippen LogP contribution in [0.5, 0.6) is 0 Å². The molecule has 2 rings (SSSR count). The van der Waals surface area contributed by atoms with Crippen molar-refractivity contribution in [2.75, 3.05) is 19.6 Å². The van der Waals surface area contributed by atoms with Crippen molar-refractivity contribution in [3.63, 3.8) is 0 Å². The highest BCUT2D eigenvalue weighted by atomic mass is 15.2. The van der Waals surface area contributed by atoms with E-state index < -0.39 is 0 Å². The van der Waals surface area contributed by atoms with E-state index in [4.69, 9.17) is 5.73 Å². The average molecular weight is 140 g/mol. The van der Waals surface area contributed by atoms with Gasteiger partial charge in [0.2, 0.25) is 0 Å². The van der Waals surface area contributed by atoms with Gasteiger partial charge in [0.1, 0.15) is 0 Å². The summed E-state index contributed by atoms with van der Waals surface area (Å²) < 4.78 is 0. The number of piperidine rings is 2. The third-order valence-corrected chi connectivity index (χ3v) is 2.84. The summed E-state index contributed by atoms with van der Waals surface area (Å²) in [6, 6.07) is 0. The molecule has 58 valence electrons. The topological polar surface area (TPSA) is 29.3 Å². The average Bonchev–Trinajstić information content (AvgIpc) is 1.86. The molecule has 2 bridgehead atoms. The monoisotopic (exact) mass is 140 g/mol. The molecule has 2 aliphatic heterocycles. The molecule has 0 aromatic carbocycles. The van der Waals surface area contributed by atoms with E-state index in [9.17, 15) is 0 Å². The lowest BCUT2D eigenvalue weighted by Crippen LogP contribution is -2.57. The molecule has 0 aromatic heterocycles. The molecule has 0 spiro atoms. The lowest BCUT2D eigenvalue weighted by Gasteiger charge is -2.44. The highest BCUT2D eigenvalue weighted by molar-refractivity contribution is 4.94. The Morgan fingerprint density at radius 1 is 1.10 bits per heavy atom. The fourth-order valence-electron chi connectivity index (χ4n) is 2.31. The highest BCUT2D eigenvalue weighted by Gasteiger charge is 2.34. The molecule has 2 aliphatic rings. The number of fused-ring (bicyclic) bond motifs is 2. The number of rotatable bonds is 0. The Bertz CT molecular complexity index is 123. The largest absolute Gasteiger partial charge is 0.324 e. The minimum atomic E-state index is 0.205. The van der Waals surface area contributed by atoms with Crippen molar-refractivity contribution >= 4 is 0 Å². The molecule has 10 heavy (non-hydrogen) atoms. The van der Waals surface area contributed by atoms with Crippen molar-refractivity contribution in [2.45, 2.75) is 31.2 Å². The number of nitrogens with zero attached hydrogens (tertiary/aromatic N) is 1. The van der Waals surface area contributed by atoms with Gasteiger partial charge in [-0.3, -0.25) is 0 Å². The van der Waals surface area contributed by atoms with E-state index in [2.05, 4.69) is 4.90 Å². The first-order chi connectivity index (χ1) is 4.79. The number of nitrogens with two attached hydrogens (primary N) is 1. The fourth-order valence-corrected chi connectivity index (χ4v) is 2.31. The third-order valence-electron chi connectivity index (χ3n) is 2.84. The van der Waals surface area contributed by atoms with Crippen LogP contribution in [0.2, 0.25) is 0 Å². The molecule has 0 radical (unpaired) electrons. The van der Waals surface area contributed by atoms with Gasteiger partial charge in [-0.2, -0.15) is 0 Å². The van der Waals surface area contributed by atoms with Gasteiger partial charge in [-0.15, -0.1) is 0 Å². The molecule has 0 aromatic rings. The van der Waals surface area contributed by atoms with Gasteiger partial charge in [0.15, 0.2) is 0 Å². The smallest absolute Gasteiger partial charge is 0.0284 e. The van der Waals surface area contributed by atoms with Crippen LogP contribution in [-0.4, -0.2) is 30.1 Å². The Hall–Kier alpha value is -0.0800. The summed E-state index contributed by atoms with van der Waals surface area (Å²) in [5.74, 6) is 0. The summed E-state index contributed by atoms with van der Waals surface area (Å²) in [6.07, 6.45) is 5.14. The van der Waals surface area contributed by atoms with Crippen LogP contribution in [0.3, 0.4) is 0 Å². The Morgan fingerprint density at radius 3 is 2.10 bits per heavy atom. The predicted molar refractivity (Wildman–Crippen MR) is 41.8 cm³/mol. The molecule has 0 unspecified atom stereocenters. The maximum Gasteiger partial charge on any atom is 0.0284 e. The summed E-state index contributed by atoms with van der Waals surface area (Å²) in [7, 11) is 0. The predicted octanol–water partition coefficient (Wildman–Crippen LogP) is 0.573. The molecular formula is C8H16N2. The first-order valence-electron chi connectivity index (χ1n) is 4.30. The molecular weight excluding hydrogens is 124 g/mol. The maximum absolute atomic E-state index is 6.16. The van der Waals surface area contributed by atoms with E-state index in [0.717, 1.165) is 6.54 Å². The van der Waals surface area contributed by atoms with Crippen molar-refractivity contribution in [1.29, 1.82) is 0 Å². The van der Waals surface area contributed by atoms with Crippen LogP contribution < -0.4 is 5.73 Å². The van der Waals surface area contributed by atoms with E-state index in [1.807, 2.05) is 0 Å². The van der Waals surface area contributed by atoms with E-state index in [-0.39, 0.29) is 5.54 Å². The zero-order valence-corrected chi connectivity index (χ0v) is 6.47. The van der Waals surface area contributed by atoms with Crippen LogP contribution in [-0.2, 0) is 0 Å². The minimum Gasteiger partial charge on any atom is -0.324 e. The first kappa shape index (κ1) is 6.62. The first-order valence-corrected chi connectivity index (χ1v) is 4.30. The van der Waals surface area contributed by atoms with Gasteiger partial charge < -0.3 is 10.6 Å². The Kier molecular flexibility index (Phi) is 1.46. The van der Waals surface area contributed by atoms with Gasteiger partial charge >= 0.3 is 0 Å². The molecule has 2 nitrogen and oxygen atoms in total. The Balaban J connectivity index is 2.07. The summed E-state index contributed by atoms with van der Waals surface area (Å²) >= 11 is 0. The van der Waals surface area contributed by atoms with Crippen LogP contribution >= 0.6 is 0 Å². The van der Waals surface area contributed by atoms with E-state index in [1.165, 1.54) is 38.8 Å². The second-order valence-electron chi connectivity index (χ2n) is 3.85. The Labute approximate surface area is 62.4 Å². The van der Waals surface area contributed by atoms with E-state index >= 15 is 0 Å². The van der Waals surface area contributed by atoms with Gasteiger partial charge in [-0.25, -0.2) is 0 Å². The van der Waals surface area contributed by atoms with Gasteiger partial charge in [0, 0.05) is 12.1 Å². The SMILES string of the molecule is NC12CCCN(CCC1)C2. The van der Waals surface area contributed by atoms with Crippen molar-refractivity contribution in [2.24, 2.45) is 5.73 Å². The molecule has 2 fully saturated rings.